The highest BCUT2D eigenvalue weighted by Crippen LogP contribution is 2.13. The summed E-state index contributed by atoms with van der Waals surface area (Å²) in [5.74, 6) is 0. The van der Waals surface area contributed by atoms with Gasteiger partial charge in [-0.1, -0.05) is 10.7 Å². The van der Waals surface area contributed by atoms with Gasteiger partial charge in [0, 0.05) is 0 Å². The molecule has 0 aliphatic carbocycles. The molecule has 1 unspecified atom stereocenters. The number of pyridine rings is 1. The molecule has 1 atom stereocenters. The lowest BCUT2D eigenvalue weighted by Gasteiger charge is -1.88. The Hall–Kier alpha value is -1.29. The molecule has 1 aliphatic rings. The van der Waals surface area contributed by atoms with Gasteiger partial charge in [-0.3, -0.25) is 0 Å². The Morgan fingerprint density at radius 2 is 2.40 bits per heavy atom. The third kappa shape index (κ3) is 0.625. The van der Waals surface area contributed by atoms with Crippen LogP contribution in [0.15, 0.2) is 34.7 Å². The third-order valence-corrected chi connectivity index (χ3v) is 1.39. The van der Waals surface area contributed by atoms with Crippen LogP contribution in [-0.4, -0.2) is 5.11 Å². The summed E-state index contributed by atoms with van der Waals surface area (Å²) in [5.41, 5.74) is 0.711. The van der Waals surface area contributed by atoms with Gasteiger partial charge in [0.2, 0.25) is 5.69 Å². The number of hydrogen-bond donors (Lipinski definition) is 1. The van der Waals surface area contributed by atoms with E-state index in [0.29, 0.717) is 5.69 Å². The molecule has 1 aromatic heterocycles. The first-order valence-corrected chi connectivity index (χ1v) is 2.98. The average Bonchev–Trinajstić information content (AvgIpc) is 2.34. The van der Waals surface area contributed by atoms with Gasteiger partial charge in [-0.15, -0.1) is 0 Å². The van der Waals surface area contributed by atoms with E-state index in [9.17, 15) is 0 Å². The van der Waals surface area contributed by atoms with Crippen molar-refractivity contribution < 1.29 is 9.78 Å². The van der Waals surface area contributed by atoms with E-state index in [4.69, 9.17) is 5.11 Å². The van der Waals surface area contributed by atoms with Crippen LogP contribution in [0.25, 0.3) is 0 Å². The second-order valence-electron chi connectivity index (χ2n) is 2.05. The molecule has 10 heavy (non-hydrogen) atoms. The molecular weight excluding hydrogens is 130 g/mol. The standard InChI is InChI=1S/C6H6N3O/c10-6-5-3-1-2-4-9(5)8-7-6/h1-4,6,10H/q+1. The molecule has 0 bridgehead atoms. The van der Waals surface area contributed by atoms with Crippen LogP contribution in [0.5, 0.6) is 0 Å². The van der Waals surface area contributed by atoms with Crippen LogP contribution in [-0.2, 0) is 0 Å². The summed E-state index contributed by atoms with van der Waals surface area (Å²) in [6.45, 7) is 0. The molecule has 0 amide bonds. The Morgan fingerprint density at radius 1 is 1.50 bits per heavy atom. The molecule has 0 saturated heterocycles. The largest absolute Gasteiger partial charge is 0.344 e. The van der Waals surface area contributed by atoms with Crippen molar-refractivity contribution in [1.29, 1.82) is 0 Å². The van der Waals surface area contributed by atoms with E-state index >= 15 is 0 Å². The fourth-order valence-electron chi connectivity index (χ4n) is 0.897. The van der Waals surface area contributed by atoms with Gasteiger partial charge >= 0.3 is 6.23 Å². The zero-order valence-electron chi connectivity index (χ0n) is 5.18. The Bertz CT molecular complexity index is 284. The van der Waals surface area contributed by atoms with Crippen LogP contribution in [0.2, 0.25) is 0 Å². The molecule has 1 aromatic rings. The minimum Gasteiger partial charge on any atom is -0.344 e. The zero-order chi connectivity index (χ0) is 6.97. The van der Waals surface area contributed by atoms with Crippen molar-refractivity contribution in [3.05, 3.63) is 30.1 Å². The molecule has 4 nitrogen and oxygen atoms in total. The summed E-state index contributed by atoms with van der Waals surface area (Å²) in [4.78, 5) is 0. The van der Waals surface area contributed by atoms with Gasteiger partial charge in [-0.25, -0.2) is 0 Å². The second kappa shape index (κ2) is 1.85. The van der Waals surface area contributed by atoms with Crippen LogP contribution in [0.4, 0.5) is 0 Å². The lowest BCUT2D eigenvalue weighted by Crippen LogP contribution is -2.28. The first-order chi connectivity index (χ1) is 4.88. The van der Waals surface area contributed by atoms with Gasteiger partial charge in [0.15, 0.2) is 0 Å². The normalized spacial score (nSPS) is 21.1. The fourth-order valence-corrected chi connectivity index (χ4v) is 0.897. The van der Waals surface area contributed by atoms with Crippen molar-refractivity contribution in [2.75, 3.05) is 0 Å². The summed E-state index contributed by atoms with van der Waals surface area (Å²) in [5, 5.41) is 16.3. The summed E-state index contributed by atoms with van der Waals surface area (Å²) in [6, 6.07) is 5.46. The molecule has 0 radical (unpaired) electrons. The van der Waals surface area contributed by atoms with E-state index in [-0.39, 0.29) is 0 Å². The number of aliphatic hydroxyl groups excluding tert-OH is 1. The first kappa shape index (κ1) is 5.49. The highest BCUT2D eigenvalue weighted by Gasteiger charge is 2.26. The maximum Gasteiger partial charge on any atom is 0.329 e. The van der Waals surface area contributed by atoms with E-state index < -0.39 is 6.23 Å². The van der Waals surface area contributed by atoms with Gasteiger partial charge in [-0.05, 0) is 12.1 Å². The smallest absolute Gasteiger partial charge is 0.329 e. The molecular formula is C6H6N3O+. The topological polar surface area (TPSA) is 48.8 Å². The van der Waals surface area contributed by atoms with Crippen molar-refractivity contribution in [2.24, 2.45) is 10.3 Å². The van der Waals surface area contributed by atoms with E-state index in [0.717, 1.165) is 0 Å². The third-order valence-electron chi connectivity index (χ3n) is 1.39. The molecule has 2 rings (SSSR count). The average molecular weight is 136 g/mol. The summed E-state index contributed by atoms with van der Waals surface area (Å²) in [6.07, 6.45) is 0.968. The SMILES string of the molecule is OC1N=N[n+]2ccccc21. The lowest BCUT2D eigenvalue weighted by atomic mass is 10.3. The second-order valence-corrected chi connectivity index (χ2v) is 2.05. The minimum atomic E-state index is -0.777. The van der Waals surface area contributed by atoms with E-state index in [1.807, 2.05) is 12.1 Å². The number of hydrogen-bond acceptors (Lipinski definition) is 3. The minimum absolute atomic E-state index is 0.711. The van der Waals surface area contributed by atoms with Crippen molar-refractivity contribution in [3.63, 3.8) is 0 Å². The van der Waals surface area contributed by atoms with E-state index in [1.54, 1.807) is 16.9 Å². The van der Waals surface area contributed by atoms with Gasteiger partial charge < -0.3 is 5.11 Å². The molecule has 1 aliphatic heterocycles. The molecule has 1 N–H and O–H groups in total. The Morgan fingerprint density at radius 3 is 3.20 bits per heavy atom. The Balaban J connectivity index is 2.59. The molecule has 0 aromatic carbocycles. The van der Waals surface area contributed by atoms with Crippen LogP contribution in [0, 0.1) is 0 Å². The highest BCUT2D eigenvalue weighted by atomic mass is 16.3. The Kier molecular flexibility index (Phi) is 1.01. The fraction of sp³-hybridized carbons (Fsp3) is 0.167. The van der Waals surface area contributed by atoms with Crippen LogP contribution in [0.3, 0.4) is 0 Å². The highest BCUT2D eigenvalue weighted by molar-refractivity contribution is 5.00. The van der Waals surface area contributed by atoms with Crippen molar-refractivity contribution in [2.45, 2.75) is 6.23 Å². The van der Waals surface area contributed by atoms with Crippen LogP contribution < -0.4 is 4.68 Å². The Labute approximate surface area is 57.4 Å². The predicted octanol–water partition coefficient (Wildman–Crippen LogP) is 0.194. The van der Waals surface area contributed by atoms with Gasteiger partial charge in [0.1, 0.15) is 11.4 Å². The predicted molar refractivity (Wildman–Crippen MR) is 31.9 cm³/mol. The number of aromatic nitrogens is 1. The monoisotopic (exact) mass is 136 g/mol. The van der Waals surface area contributed by atoms with E-state index in [2.05, 4.69) is 10.3 Å². The van der Waals surface area contributed by atoms with Gasteiger partial charge in [0.05, 0.1) is 5.11 Å². The van der Waals surface area contributed by atoms with Crippen molar-refractivity contribution in [3.8, 4) is 0 Å². The molecule has 0 spiro atoms. The van der Waals surface area contributed by atoms with Gasteiger partial charge in [-0.2, -0.15) is 0 Å². The first-order valence-electron chi connectivity index (χ1n) is 2.98. The molecule has 0 saturated carbocycles. The number of fused-ring (bicyclic) bond motifs is 1. The van der Waals surface area contributed by atoms with Crippen molar-refractivity contribution >= 4 is 0 Å². The number of nitrogens with zero attached hydrogens (tertiary/aromatic N) is 3. The maximum absolute atomic E-state index is 9.10. The van der Waals surface area contributed by atoms with Crippen LogP contribution >= 0.6 is 0 Å². The van der Waals surface area contributed by atoms with E-state index in [1.165, 1.54) is 0 Å². The number of aliphatic hydroxyl groups is 1. The molecule has 4 heteroatoms. The molecule has 0 fully saturated rings. The zero-order valence-corrected chi connectivity index (χ0v) is 5.18. The van der Waals surface area contributed by atoms with Crippen molar-refractivity contribution in [1.82, 2.24) is 0 Å². The maximum atomic E-state index is 9.10. The molecule has 50 valence electrons. The summed E-state index contributed by atoms with van der Waals surface area (Å²) < 4.78 is 1.55. The summed E-state index contributed by atoms with van der Waals surface area (Å²) in [7, 11) is 0. The quantitative estimate of drug-likeness (QED) is 0.508. The van der Waals surface area contributed by atoms with Crippen LogP contribution in [0.1, 0.15) is 11.9 Å². The lowest BCUT2D eigenvalue weighted by molar-refractivity contribution is -0.685. The number of rotatable bonds is 0. The van der Waals surface area contributed by atoms with Gasteiger partial charge in [0.25, 0.3) is 0 Å². The molecule has 2 heterocycles. The summed E-state index contributed by atoms with van der Waals surface area (Å²) >= 11 is 0.